The summed E-state index contributed by atoms with van der Waals surface area (Å²) in [6.45, 7) is 0.0485. The van der Waals surface area contributed by atoms with Crippen molar-refractivity contribution in [3.63, 3.8) is 0 Å². The van der Waals surface area contributed by atoms with E-state index >= 15 is 0 Å². The molecule has 1 aliphatic heterocycles. The first kappa shape index (κ1) is 33.6. The predicted molar refractivity (Wildman–Crippen MR) is 187 cm³/mol. The first-order valence-corrected chi connectivity index (χ1v) is 17.1. The average molecular weight is 699 g/mol. The van der Waals surface area contributed by atoms with Crippen molar-refractivity contribution in [2.75, 3.05) is 34.2 Å². The quantitative estimate of drug-likeness (QED) is 0.153. The number of rotatable bonds is 13. The summed E-state index contributed by atoms with van der Waals surface area (Å²) in [6.07, 6.45) is 0.588. The smallest absolute Gasteiger partial charge is 0.253 e. The normalized spacial score (nSPS) is 13.9. The van der Waals surface area contributed by atoms with E-state index in [1.165, 1.54) is 26.0 Å². The average Bonchev–Trinajstić information content (AvgIpc) is 3.93. The number of thioether (sulfide) groups is 1. The van der Waals surface area contributed by atoms with Gasteiger partial charge in [-0.2, -0.15) is 5.10 Å². The maximum atomic E-state index is 13.9. The Morgan fingerprint density at radius 1 is 0.878 bits per heavy atom. The number of nitrogens with zero attached hydrogens (tertiary/aromatic N) is 5. The maximum absolute atomic E-state index is 13.9. The first-order chi connectivity index (χ1) is 23.9. The Kier molecular flexibility index (Phi) is 10.4. The summed E-state index contributed by atoms with van der Waals surface area (Å²) in [5.41, 5.74) is 2.87. The second kappa shape index (κ2) is 15.3. The van der Waals surface area contributed by atoms with Crippen molar-refractivity contribution in [2.45, 2.75) is 24.2 Å². The number of thiophene rings is 1. The Morgan fingerprint density at radius 3 is 2.37 bits per heavy atom. The minimum atomic E-state index is -0.335. The fraction of sp³-hybridized carbons (Fsp3) is 0.229. The van der Waals surface area contributed by atoms with E-state index in [-0.39, 0.29) is 30.2 Å². The lowest BCUT2D eigenvalue weighted by Gasteiger charge is -2.22. The van der Waals surface area contributed by atoms with Gasteiger partial charge in [-0.05, 0) is 59.5 Å². The standard InChI is InChI=1S/C35H34N6O6S2/c1-44-24-14-11-22(12-15-24)27-19-25(31-10-7-17-48-31)39-41(27)33(42)21-49-35-38-37-32(40(35)26-8-5-6-9-28(26)45-2)20-36-34(43)23-13-16-29(46-3)30(18-23)47-4/h5-18,27H,19-21H2,1-4H3,(H,36,43). The Balaban J connectivity index is 1.25. The number of nitrogens with one attached hydrogen (secondary N) is 1. The van der Waals surface area contributed by atoms with Crippen molar-refractivity contribution in [3.8, 4) is 28.7 Å². The second-order valence-corrected chi connectivity index (χ2v) is 12.6. The van der Waals surface area contributed by atoms with Crippen molar-refractivity contribution in [2.24, 2.45) is 5.10 Å². The van der Waals surface area contributed by atoms with Gasteiger partial charge in [0.05, 0.1) is 63.1 Å². The molecule has 3 heterocycles. The zero-order chi connectivity index (χ0) is 34.3. The SMILES string of the molecule is COc1ccc(C2CC(c3cccs3)=NN2C(=O)CSc2nnc(CNC(=O)c3ccc(OC)c(OC)c3)n2-c2ccccc2OC)cc1. The van der Waals surface area contributed by atoms with Crippen molar-refractivity contribution in [1.82, 2.24) is 25.1 Å². The number of ether oxygens (including phenoxy) is 4. The van der Waals surface area contributed by atoms with Gasteiger partial charge in [0.25, 0.3) is 11.8 Å². The summed E-state index contributed by atoms with van der Waals surface area (Å²) in [5.74, 6) is 2.24. The highest BCUT2D eigenvalue weighted by molar-refractivity contribution is 7.99. The molecule has 252 valence electrons. The van der Waals surface area contributed by atoms with Gasteiger partial charge in [0.15, 0.2) is 22.5 Å². The summed E-state index contributed by atoms with van der Waals surface area (Å²) < 4.78 is 23.4. The third kappa shape index (κ3) is 7.25. The minimum Gasteiger partial charge on any atom is -0.497 e. The number of methoxy groups -OCH3 is 4. The molecule has 49 heavy (non-hydrogen) atoms. The monoisotopic (exact) mass is 698 g/mol. The Bertz CT molecular complexity index is 1960. The number of amides is 2. The van der Waals surface area contributed by atoms with Crippen LogP contribution in [0.5, 0.6) is 23.0 Å². The number of carbonyl (C=O) groups excluding carboxylic acids is 2. The molecule has 0 radical (unpaired) electrons. The molecule has 14 heteroatoms. The predicted octanol–water partition coefficient (Wildman–Crippen LogP) is 5.76. The van der Waals surface area contributed by atoms with E-state index < -0.39 is 0 Å². The molecule has 1 N–H and O–H groups in total. The van der Waals surface area contributed by atoms with Crippen LogP contribution < -0.4 is 24.3 Å². The van der Waals surface area contributed by atoms with E-state index in [4.69, 9.17) is 24.0 Å². The molecule has 6 rings (SSSR count). The first-order valence-electron chi connectivity index (χ1n) is 15.2. The number of aromatic nitrogens is 3. The largest absolute Gasteiger partial charge is 0.497 e. The number of hydrogen-bond donors (Lipinski definition) is 1. The van der Waals surface area contributed by atoms with Gasteiger partial charge in [0.2, 0.25) is 0 Å². The second-order valence-electron chi connectivity index (χ2n) is 10.7. The maximum Gasteiger partial charge on any atom is 0.253 e. The van der Waals surface area contributed by atoms with E-state index in [1.54, 1.807) is 53.3 Å². The molecule has 1 atom stereocenters. The molecule has 1 unspecified atom stereocenters. The van der Waals surface area contributed by atoms with Crippen molar-refractivity contribution < 1.29 is 28.5 Å². The highest BCUT2D eigenvalue weighted by Gasteiger charge is 2.34. The van der Waals surface area contributed by atoms with Crippen molar-refractivity contribution in [1.29, 1.82) is 0 Å². The van der Waals surface area contributed by atoms with Crippen LogP contribution in [-0.4, -0.2) is 71.5 Å². The molecule has 0 fully saturated rings. The lowest BCUT2D eigenvalue weighted by Crippen LogP contribution is -2.28. The van der Waals surface area contributed by atoms with Gasteiger partial charge in [-0.25, -0.2) is 5.01 Å². The number of hydrogen-bond acceptors (Lipinski definition) is 11. The number of benzene rings is 3. The van der Waals surface area contributed by atoms with Gasteiger partial charge in [-0.15, -0.1) is 21.5 Å². The molecule has 0 bridgehead atoms. The van der Waals surface area contributed by atoms with Crippen LogP contribution in [0.1, 0.15) is 39.1 Å². The van der Waals surface area contributed by atoms with E-state index in [2.05, 4.69) is 15.5 Å². The summed E-state index contributed by atoms with van der Waals surface area (Å²) in [4.78, 5) is 28.1. The molecule has 2 aromatic heterocycles. The molecule has 2 amide bonds. The van der Waals surface area contributed by atoms with Crippen molar-refractivity contribution >= 4 is 40.6 Å². The van der Waals surface area contributed by atoms with Crippen LogP contribution >= 0.6 is 23.1 Å². The van der Waals surface area contributed by atoms with Crippen LogP contribution in [0, 0.1) is 0 Å². The molecular formula is C35H34N6O6S2. The highest BCUT2D eigenvalue weighted by Crippen LogP contribution is 2.36. The van der Waals surface area contributed by atoms with Crippen LogP contribution in [0.25, 0.3) is 5.69 Å². The van der Waals surface area contributed by atoms with Crippen LogP contribution in [0.2, 0.25) is 0 Å². The summed E-state index contributed by atoms with van der Waals surface area (Å²) >= 11 is 2.82. The Labute approximate surface area is 291 Å². The third-order valence-corrected chi connectivity index (χ3v) is 9.71. The highest BCUT2D eigenvalue weighted by atomic mass is 32.2. The van der Waals surface area contributed by atoms with E-state index in [0.29, 0.717) is 45.9 Å². The van der Waals surface area contributed by atoms with E-state index in [0.717, 1.165) is 21.9 Å². The van der Waals surface area contributed by atoms with Crippen molar-refractivity contribution in [3.05, 3.63) is 106 Å². The molecule has 5 aromatic rings. The van der Waals surface area contributed by atoms with Gasteiger partial charge in [0.1, 0.15) is 11.5 Å². The summed E-state index contributed by atoms with van der Waals surface area (Å²) in [5, 5.41) is 20.6. The zero-order valence-corrected chi connectivity index (χ0v) is 28.9. The third-order valence-electron chi connectivity index (χ3n) is 7.88. The van der Waals surface area contributed by atoms with Crippen LogP contribution in [0.3, 0.4) is 0 Å². The molecule has 3 aromatic carbocycles. The number of para-hydroxylation sites is 2. The summed E-state index contributed by atoms with van der Waals surface area (Å²) in [7, 11) is 6.24. The topological polar surface area (TPSA) is 129 Å². The van der Waals surface area contributed by atoms with Crippen LogP contribution in [-0.2, 0) is 11.3 Å². The molecular weight excluding hydrogens is 665 g/mol. The zero-order valence-electron chi connectivity index (χ0n) is 27.3. The molecule has 1 aliphatic rings. The number of carbonyl (C=O) groups is 2. The van der Waals surface area contributed by atoms with Gasteiger partial charge in [-0.3, -0.25) is 14.2 Å². The van der Waals surface area contributed by atoms with Gasteiger partial charge in [0, 0.05) is 12.0 Å². The Morgan fingerprint density at radius 2 is 1.65 bits per heavy atom. The Hall–Kier alpha value is -5.34. The lowest BCUT2D eigenvalue weighted by molar-refractivity contribution is -0.130. The summed E-state index contributed by atoms with van der Waals surface area (Å²) in [6, 6.07) is 23.8. The van der Waals surface area contributed by atoms with E-state index in [9.17, 15) is 9.59 Å². The fourth-order valence-corrected chi connectivity index (χ4v) is 6.95. The molecule has 0 aliphatic carbocycles. The van der Waals surface area contributed by atoms with Crippen LogP contribution in [0.15, 0.2) is 94.5 Å². The van der Waals surface area contributed by atoms with Gasteiger partial charge >= 0.3 is 0 Å². The fourth-order valence-electron chi connectivity index (χ4n) is 5.41. The van der Waals surface area contributed by atoms with Gasteiger partial charge in [-0.1, -0.05) is 42.1 Å². The van der Waals surface area contributed by atoms with E-state index in [1.807, 2.05) is 66.0 Å². The molecule has 12 nitrogen and oxygen atoms in total. The van der Waals surface area contributed by atoms with Crippen LogP contribution in [0.4, 0.5) is 0 Å². The minimum absolute atomic E-state index is 0.0408. The molecule has 0 saturated carbocycles. The molecule has 0 spiro atoms. The molecule has 0 saturated heterocycles. The lowest BCUT2D eigenvalue weighted by atomic mass is 10.0. The number of hydrazone groups is 1. The van der Waals surface area contributed by atoms with Gasteiger partial charge < -0.3 is 24.3 Å².